The van der Waals surface area contributed by atoms with Crippen molar-refractivity contribution in [1.82, 2.24) is 0 Å². The van der Waals surface area contributed by atoms with E-state index in [0.717, 1.165) is 0 Å². The third-order valence-corrected chi connectivity index (χ3v) is 5.69. The Morgan fingerprint density at radius 1 is 0.696 bits per heavy atom. The van der Waals surface area contributed by atoms with Gasteiger partial charge in [-0.2, -0.15) is 0 Å². The van der Waals surface area contributed by atoms with Gasteiger partial charge in [0.1, 0.15) is 0 Å². The second-order valence-corrected chi connectivity index (χ2v) is 8.16. The molecule has 0 saturated heterocycles. The highest BCUT2D eigenvalue weighted by atomic mass is 32.1. The molecular formula is C22H20S. The van der Waals surface area contributed by atoms with Crippen LogP contribution in [0.3, 0.4) is 0 Å². The summed E-state index contributed by atoms with van der Waals surface area (Å²) in [5.74, 6) is 0. The molecule has 0 N–H and O–H groups in total. The maximum Gasteiger partial charge on any atom is 0.0433 e. The zero-order chi connectivity index (χ0) is 16.0. The third kappa shape index (κ3) is 2.46. The van der Waals surface area contributed by atoms with Crippen molar-refractivity contribution >= 4 is 31.5 Å². The number of fused-ring (bicyclic) bond motifs is 3. The quantitative estimate of drug-likeness (QED) is 0.354. The van der Waals surface area contributed by atoms with Crippen molar-refractivity contribution in [2.75, 3.05) is 0 Å². The van der Waals surface area contributed by atoms with Gasteiger partial charge in [-0.25, -0.2) is 0 Å². The highest BCUT2D eigenvalue weighted by molar-refractivity contribution is 7.26. The van der Waals surface area contributed by atoms with E-state index in [4.69, 9.17) is 0 Å². The van der Waals surface area contributed by atoms with Gasteiger partial charge >= 0.3 is 0 Å². The van der Waals surface area contributed by atoms with Gasteiger partial charge in [-0.3, -0.25) is 0 Å². The second-order valence-electron chi connectivity index (χ2n) is 7.11. The monoisotopic (exact) mass is 316 g/mol. The van der Waals surface area contributed by atoms with E-state index in [1.54, 1.807) is 0 Å². The smallest absolute Gasteiger partial charge is 0.0433 e. The summed E-state index contributed by atoms with van der Waals surface area (Å²) in [6.45, 7) is 6.78. The maximum atomic E-state index is 2.27. The molecule has 1 heteroatoms. The van der Waals surface area contributed by atoms with Crippen molar-refractivity contribution in [1.29, 1.82) is 0 Å². The molecule has 0 nitrogen and oxygen atoms in total. The van der Waals surface area contributed by atoms with E-state index in [-0.39, 0.29) is 5.41 Å². The second kappa shape index (κ2) is 5.21. The lowest BCUT2D eigenvalue weighted by atomic mass is 9.86. The van der Waals surface area contributed by atoms with Crippen LogP contribution in [0.5, 0.6) is 0 Å². The molecule has 0 bridgehead atoms. The summed E-state index contributed by atoms with van der Waals surface area (Å²) in [5.41, 5.74) is 4.21. The first-order valence-electron chi connectivity index (χ1n) is 8.05. The van der Waals surface area contributed by atoms with Crippen LogP contribution < -0.4 is 0 Å². The van der Waals surface area contributed by atoms with Crippen molar-refractivity contribution in [3.63, 3.8) is 0 Å². The topological polar surface area (TPSA) is 0 Å². The van der Waals surface area contributed by atoms with Crippen LogP contribution in [0.4, 0.5) is 0 Å². The summed E-state index contributed by atoms with van der Waals surface area (Å²) in [6, 6.07) is 24.4. The van der Waals surface area contributed by atoms with Gasteiger partial charge in [0, 0.05) is 20.2 Å². The molecule has 0 fully saturated rings. The number of thiophene rings is 1. The summed E-state index contributed by atoms with van der Waals surface area (Å²) in [6.07, 6.45) is 0. The van der Waals surface area contributed by atoms with Gasteiger partial charge in [-0.1, -0.05) is 81.4 Å². The fraction of sp³-hybridized carbons (Fsp3) is 0.182. The average molecular weight is 316 g/mol. The molecule has 0 unspecified atom stereocenters. The van der Waals surface area contributed by atoms with E-state index in [9.17, 15) is 0 Å². The van der Waals surface area contributed by atoms with Crippen LogP contribution in [0, 0.1) is 0 Å². The molecule has 0 radical (unpaired) electrons. The van der Waals surface area contributed by atoms with Gasteiger partial charge in [0.05, 0.1) is 0 Å². The molecule has 0 aliphatic heterocycles. The van der Waals surface area contributed by atoms with E-state index < -0.39 is 0 Å². The minimum Gasteiger partial charge on any atom is -0.135 e. The SMILES string of the molecule is CC(C)(C)c1ccc(-c2cccc3c2sc2ccccc23)cc1. The summed E-state index contributed by atoms with van der Waals surface area (Å²) in [4.78, 5) is 0. The highest BCUT2D eigenvalue weighted by Crippen LogP contribution is 2.39. The van der Waals surface area contributed by atoms with E-state index in [1.807, 2.05) is 11.3 Å². The summed E-state index contributed by atoms with van der Waals surface area (Å²) < 4.78 is 2.75. The van der Waals surface area contributed by atoms with Gasteiger partial charge in [-0.05, 0) is 28.2 Å². The van der Waals surface area contributed by atoms with Crippen molar-refractivity contribution in [3.8, 4) is 11.1 Å². The summed E-state index contributed by atoms with van der Waals surface area (Å²) in [7, 11) is 0. The zero-order valence-corrected chi connectivity index (χ0v) is 14.6. The summed E-state index contributed by atoms with van der Waals surface area (Å²) >= 11 is 1.89. The Bertz CT molecular complexity index is 982. The minimum atomic E-state index is 0.197. The van der Waals surface area contributed by atoms with Crippen LogP contribution in [0.1, 0.15) is 26.3 Å². The van der Waals surface area contributed by atoms with Crippen molar-refractivity contribution in [2.45, 2.75) is 26.2 Å². The zero-order valence-electron chi connectivity index (χ0n) is 13.8. The van der Waals surface area contributed by atoms with Crippen LogP contribution in [0.15, 0.2) is 66.7 Å². The fourth-order valence-corrected chi connectivity index (χ4v) is 4.36. The standard InChI is InChI=1S/C22H20S/c1-22(2,3)16-13-11-15(12-14-16)17-8-6-9-19-18-7-4-5-10-20(18)23-21(17)19/h4-14H,1-3H3. The molecule has 23 heavy (non-hydrogen) atoms. The molecule has 0 saturated carbocycles. The van der Waals surface area contributed by atoms with Crippen molar-refractivity contribution in [2.24, 2.45) is 0 Å². The van der Waals surface area contributed by atoms with E-state index in [2.05, 4.69) is 87.5 Å². The molecule has 0 spiro atoms. The van der Waals surface area contributed by atoms with Gasteiger partial charge in [0.2, 0.25) is 0 Å². The Kier molecular flexibility index (Phi) is 3.28. The predicted molar refractivity (Wildman–Crippen MR) is 103 cm³/mol. The van der Waals surface area contributed by atoms with Gasteiger partial charge in [0.25, 0.3) is 0 Å². The minimum absolute atomic E-state index is 0.197. The fourth-order valence-electron chi connectivity index (χ4n) is 3.12. The van der Waals surface area contributed by atoms with Crippen LogP contribution in [-0.2, 0) is 5.41 Å². The van der Waals surface area contributed by atoms with Crippen molar-refractivity contribution < 1.29 is 0 Å². The van der Waals surface area contributed by atoms with Crippen LogP contribution in [-0.4, -0.2) is 0 Å². The number of hydrogen-bond donors (Lipinski definition) is 0. The molecule has 1 aromatic heterocycles. The molecule has 4 aromatic rings. The highest BCUT2D eigenvalue weighted by Gasteiger charge is 2.14. The normalized spacial score (nSPS) is 12.1. The van der Waals surface area contributed by atoms with Crippen LogP contribution in [0.25, 0.3) is 31.3 Å². The Labute approximate surface area is 141 Å². The first kappa shape index (κ1) is 14.5. The average Bonchev–Trinajstić information content (AvgIpc) is 2.93. The Morgan fingerprint density at radius 2 is 1.39 bits per heavy atom. The largest absolute Gasteiger partial charge is 0.135 e. The third-order valence-electron chi connectivity index (χ3n) is 4.47. The summed E-state index contributed by atoms with van der Waals surface area (Å²) in [5, 5.41) is 2.73. The lowest BCUT2D eigenvalue weighted by molar-refractivity contribution is 0.590. The first-order valence-corrected chi connectivity index (χ1v) is 8.87. The Morgan fingerprint density at radius 3 is 2.13 bits per heavy atom. The molecule has 4 rings (SSSR count). The molecule has 1 heterocycles. The van der Waals surface area contributed by atoms with Crippen LogP contribution in [0.2, 0.25) is 0 Å². The van der Waals surface area contributed by atoms with Crippen LogP contribution >= 0.6 is 11.3 Å². The molecule has 0 aliphatic rings. The maximum absolute atomic E-state index is 2.27. The lowest BCUT2D eigenvalue weighted by Crippen LogP contribution is -2.10. The molecule has 114 valence electrons. The van der Waals surface area contributed by atoms with E-state index >= 15 is 0 Å². The Hall–Kier alpha value is -2.12. The Balaban J connectivity index is 1.92. The van der Waals surface area contributed by atoms with Gasteiger partial charge in [0.15, 0.2) is 0 Å². The molecule has 0 atom stereocenters. The molecule has 0 amide bonds. The molecular weight excluding hydrogens is 296 g/mol. The lowest BCUT2D eigenvalue weighted by Gasteiger charge is -2.19. The van der Waals surface area contributed by atoms with Gasteiger partial charge < -0.3 is 0 Å². The van der Waals surface area contributed by atoms with Crippen molar-refractivity contribution in [3.05, 3.63) is 72.3 Å². The number of hydrogen-bond acceptors (Lipinski definition) is 1. The number of benzene rings is 3. The predicted octanol–water partition coefficient (Wildman–Crippen LogP) is 7.02. The molecule has 0 aliphatic carbocycles. The number of rotatable bonds is 1. The molecule has 3 aromatic carbocycles. The van der Waals surface area contributed by atoms with E-state index in [1.165, 1.54) is 36.9 Å². The van der Waals surface area contributed by atoms with E-state index in [0.29, 0.717) is 0 Å². The van der Waals surface area contributed by atoms with Gasteiger partial charge in [-0.15, -0.1) is 11.3 Å². The first-order chi connectivity index (χ1) is 11.0.